The smallest absolute Gasteiger partial charge is 0.244 e. The van der Waals surface area contributed by atoms with Crippen molar-refractivity contribution in [3.05, 3.63) is 14.7 Å². The van der Waals surface area contributed by atoms with Crippen LogP contribution in [0.25, 0.3) is 0 Å². The van der Waals surface area contributed by atoms with E-state index in [4.69, 9.17) is 0 Å². The molecule has 0 aromatic carbocycles. The van der Waals surface area contributed by atoms with Gasteiger partial charge in [0.15, 0.2) is 0 Å². The fourth-order valence-electron chi connectivity index (χ4n) is 2.34. The third-order valence-electron chi connectivity index (χ3n) is 3.42. The third-order valence-corrected chi connectivity index (χ3v) is 7.05. The van der Waals surface area contributed by atoms with Crippen molar-refractivity contribution in [1.82, 2.24) is 9.62 Å². The summed E-state index contributed by atoms with van der Waals surface area (Å²) in [5.41, 5.74) is 0. The van der Waals surface area contributed by atoms with E-state index in [1.165, 1.54) is 28.5 Å². The second-order valence-electron chi connectivity index (χ2n) is 4.90. The second-order valence-corrected chi connectivity index (χ2v) is 9.55. The third kappa shape index (κ3) is 3.58. The number of thiophene rings is 1. The Hall–Kier alpha value is 0.0500. The quantitative estimate of drug-likeness (QED) is 0.890. The number of aryl methyl sites for hydroxylation is 1. The molecule has 1 aliphatic heterocycles. The van der Waals surface area contributed by atoms with Crippen LogP contribution < -0.4 is 5.32 Å². The van der Waals surface area contributed by atoms with Gasteiger partial charge >= 0.3 is 0 Å². The Morgan fingerprint density at radius 2 is 2.26 bits per heavy atom. The van der Waals surface area contributed by atoms with E-state index in [0.717, 1.165) is 21.6 Å². The van der Waals surface area contributed by atoms with Gasteiger partial charge in [0.2, 0.25) is 10.0 Å². The van der Waals surface area contributed by atoms with Crippen LogP contribution in [0.4, 0.5) is 0 Å². The highest BCUT2D eigenvalue weighted by molar-refractivity contribution is 9.11. The molecule has 1 N–H and O–H groups in total. The highest BCUT2D eigenvalue weighted by atomic mass is 79.9. The maximum atomic E-state index is 12.5. The number of rotatable bonds is 4. The summed E-state index contributed by atoms with van der Waals surface area (Å²) < 4.78 is 27.4. The Morgan fingerprint density at radius 1 is 1.53 bits per heavy atom. The molecule has 7 heteroatoms. The zero-order valence-corrected chi connectivity index (χ0v) is 14.4. The van der Waals surface area contributed by atoms with Crippen LogP contribution >= 0.6 is 27.3 Å². The van der Waals surface area contributed by atoms with Crippen LogP contribution in [0, 0.1) is 6.92 Å². The van der Waals surface area contributed by atoms with Crippen molar-refractivity contribution >= 4 is 37.3 Å². The van der Waals surface area contributed by atoms with Gasteiger partial charge in [0.25, 0.3) is 0 Å². The standard InChI is InChI=1S/C12H19BrN2O2S2/c1-9-11(7-12(13)18-9)19(16,17)15(2)8-10-5-3-4-6-14-10/h7,10,14H,3-6,8H2,1-2H3. The van der Waals surface area contributed by atoms with Crippen molar-refractivity contribution in [2.75, 3.05) is 20.1 Å². The van der Waals surface area contributed by atoms with Gasteiger partial charge in [-0.2, -0.15) is 4.31 Å². The molecule has 1 saturated heterocycles. The van der Waals surface area contributed by atoms with Crippen molar-refractivity contribution in [2.45, 2.75) is 37.1 Å². The first-order valence-corrected chi connectivity index (χ1v) is 9.42. The van der Waals surface area contributed by atoms with Gasteiger partial charge in [-0.1, -0.05) is 6.42 Å². The first-order valence-electron chi connectivity index (χ1n) is 6.37. The molecule has 0 aliphatic carbocycles. The number of likely N-dealkylation sites (N-methyl/N-ethyl adjacent to an activating group) is 1. The van der Waals surface area contributed by atoms with Gasteiger partial charge in [0, 0.05) is 24.5 Å². The number of halogens is 1. The van der Waals surface area contributed by atoms with Crippen LogP contribution in [0.15, 0.2) is 14.7 Å². The van der Waals surface area contributed by atoms with E-state index < -0.39 is 10.0 Å². The van der Waals surface area contributed by atoms with Crippen molar-refractivity contribution in [3.8, 4) is 0 Å². The Morgan fingerprint density at radius 3 is 2.79 bits per heavy atom. The van der Waals surface area contributed by atoms with Crippen LogP contribution in [0.1, 0.15) is 24.1 Å². The molecule has 1 aromatic heterocycles. The van der Waals surface area contributed by atoms with Gasteiger partial charge in [-0.25, -0.2) is 8.42 Å². The van der Waals surface area contributed by atoms with Crippen molar-refractivity contribution in [1.29, 1.82) is 0 Å². The van der Waals surface area contributed by atoms with E-state index in [9.17, 15) is 8.42 Å². The average molecular weight is 367 g/mol. The lowest BCUT2D eigenvalue weighted by molar-refractivity contribution is 0.337. The molecule has 1 fully saturated rings. The molecule has 1 atom stereocenters. The van der Waals surface area contributed by atoms with E-state index in [-0.39, 0.29) is 6.04 Å². The number of sulfonamides is 1. The van der Waals surface area contributed by atoms with Crippen LogP contribution in [0.2, 0.25) is 0 Å². The second kappa shape index (κ2) is 6.22. The van der Waals surface area contributed by atoms with Gasteiger partial charge in [-0.15, -0.1) is 11.3 Å². The minimum absolute atomic E-state index is 0.274. The molecule has 2 heterocycles. The lowest BCUT2D eigenvalue weighted by Crippen LogP contribution is -2.44. The predicted octanol–water partition coefficient (Wildman–Crippen LogP) is 2.58. The highest BCUT2D eigenvalue weighted by Gasteiger charge is 2.27. The number of nitrogens with one attached hydrogen (secondary N) is 1. The molecular formula is C12H19BrN2O2S2. The van der Waals surface area contributed by atoms with Gasteiger partial charge in [-0.05, 0) is 48.3 Å². The van der Waals surface area contributed by atoms with Crippen LogP contribution in [-0.2, 0) is 10.0 Å². The number of hydrogen-bond acceptors (Lipinski definition) is 4. The summed E-state index contributed by atoms with van der Waals surface area (Å²) >= 11 is 4.80. The summed E-state index contributed by atoms with van der Waals surface area (Å²) in [4.78, 5) is 1.25. The van der Waals surface area contributed by atoms with E-state index in [0.29, 0.717) is 11.4 Å². The van der Waals surface area contributed by atoms with Crippen LogP contribution in [0.5, 0.6) is 0 Å². The largest absolute Gasteiger partial charge is 0.313 e. The minimum Gasteiger partial charge on any atom is -0.313 e. The van der Waals surface area contributed by atoms with Crippen molar-refractivity contribution in [3.63, 3.8) is 0 Å². The summed E-state index contributed by atoms with van der Waals surface area (Å²) in [7, 11) is -1.71. The molecule has 0 radical (unpaired) electrons. The van der Waals surface area contributed by atoms with E-state index in [2.05, 4.69) is 21.2 Å². The molecule has 1 aromatic rings. The lowest BCUT2D eigenvalue weighted by atomic mass is 10.1. The fourth-order valence-corrected chi connectivity index (χ4v) is 5.94. The molecule has 1 unspecified atom stereocenters. The normalized spacial score (nSPS) is 20.9. The molecule has 2 rings (SSSR count). The summed E-state index contributed by atoms with van der Waals surface area (Å²) in [5.74, 6) is 0. The molecule has 0 spiro atoms. The summed E-state index contributed by atoms with van der Waals surface area (Å²) in [6.45, 7) is 3.37. The van der Waals surface area contributed by atoms with Crippen LogP contribution in [0.3, 0.4) is 0 Å². The summed E-state index contributed by atoms with van der Waals surface area (Å²) in [6.07, 6.45) is 3.41. The Balaban J connectivity index is 2.12. The molecule has 1 aliphatic rings. The number of hydrogen-bond donors (Lipinski definition) is 1. The number of nitrogens with zero attached hydrogens (tertiary/aromatic N) is 1. The van der Waals surface area contributed by atoms with E-state index in [1.807, 2.05) is 6.92 Å². The van der Waals surface area contributed by atoms with Gasteiger partial charge in [0.05, 0.1) is 8.68 Å². The zero-order valence-electron chi connectivity index (χ0n) is 11.1. The summed E-state index contributed by atoms with van der Waals surface area (Å²) in [6, 6.07) is 1.97. The molecule has 0 amide bonds. The van der Waals surface area contributed by atoms with E-state index in [1.54, 1.807) is 13.1 Å². The maximum absolute atomic E-state index is 12.5. The Labute approximate surface area is 127 Å². The highest BCUT2D eigenvalue weighted by Crippen LogP contribution is 2.31. The topological polar surface area (TPSA) is 49.4 Å². The minimum atomic E-state index is -3.37. The van der Waals surface area contributed by atoms with Gasteiger partial charge < -0.3 is 5.32 Å². The number of piperidine rings is 1. The maximum Gasteiger partial charge on any atom is 0.244 e. The molecule has 0 bridgehead atoms. The van der Waals surface area contributed by atoms with Gasteiger partial charge in [-0.3, -0.25) is 0 Å². The Bertz CT molecular complexity index is 536. The van der Waals surface area contributed by atoms with Crippen molar-refractivity contribution < 1.29 is 8.42 Å². The SMILES string of the molecule is Cc1sc(Br)cc1S(=O)(=O)N(C)CC1CCCCN1. The molecule has 0 saturated carbocycles. The lowest BCUT2D eigenvalue weighted by Gasteiger charge is -2.27. The first kappa shape index (κ1) is 15.4. The van der Waals surface area contributed by atoms with E-state index >= 15 is 0 Å². The fraction of sp³-hybridized carbons (Fsp3) is 0.667. The molecule has 108 valence electrons. The van der Waals surface area contributed by atoms with Gasteiger partial charge in [0.1, 0.15) is 0 Å². The molecule has 4 nitrogen and oxygen atoms in total. The van der Waals surface area contributed by atoms with Crippen LogP contribution in [-0.4, -0.2) is 38.9 Å². The molecular weight excluding hydrogens is 348 g/mol. The van der Waals surface area contributed by atoms with Crippen molar-refractivity contribution in [2.24, 2.45) is 0 Å². The monoisotopic (exact) mass is 366 g/mol. The average Bonchev–Trinajstić information content (AvgIpc) is 2.70. The first-order chi connectivity index (χ1) is 8.91. The molecule has 19 heavy (non-hydrogen) atoms. The Kier molecular flexibility index (Phi) is 5.05. The predicted molar refractivity (Wildman–Crippen MR) is 82.2 cm³/mol. The zero-order chi connectivity index (χ0) is 14.0. The summed E-state index contributed by atoms with van der Waals surface area (Å²) in [5, 5.41) is 3.38.